The van der Waals surface area contributed by atoms with Crippen molar-refractivity contribution in [3.63, 3.8) is 0 Å². The number of pyridine rings is 1. The van der Waals surface area contributed by atoms with Gasteiger partial charge in [-0.2, -0.15) is 0 Å². The molecule has 21 heavy (non-hydrogen) atoms. The molecule has 4 heteroatoms. The molecular weight excluding hydrogens is 266 g/mol. The topological polar surface area (TPSA) is 48.3 Å². The lowest BCUT2D eigenvalue weighted by Gasteiger charge is -2.15. The Morgan fingerprint density at radius 3 is 2.33 bits per heavy atom. The first kappa shape index (κ1) is 15.0. The zero-order valence-electron chi connectivity index (χ0n) is 12.8. The van der Waals surface area contributed by atoms with Crippen LogP contribution < -0.4 is 5.56 Å². The van der Waals surface area contributed by atoms with E-state index in [4.69, 9.17) is 4.74 Å². The van der Waals surface area contributed by atoms with Gasteiger partial charge in [-0.1, -0.05) is 17.7 Å². The lowest BCUT2D eigenvalue weighted by atomic mass is 10.1. The van der Waals surface area contributed by atoms with Crippen LogP contribution in [0.15, 0.2) is 35.1 Å². The van der Waals surface area contributed by atoms with Crippen molar-refractivity contribution >= 4 is 5.97 Å². The number of carbonyl (C=O) groups is 1. The first-order chi connectivity index (χ1) is 9.95. The summed E-state index contributed by atoms with van der Waals surface area (Å²) in [5.41, 5.74) is 3.40. The summed E-state index contributed by atoms with van der Waals surface area (Å²) in [6, 6.07) is 9.08. The summed E-state index contributed by atoms with van der Waals surface area (Å²) >= 11 is 0. The van der Waals surface area contributed by atoms with Crippen molar-refractivity contribution in [2.24, 2.45) is 0 Å². The highest BCUT2D eigenvalue weighted by atomic mass is 16.5. The first-order valence-corrected chi connectivity index (χ1v) is 6.93. The van der Waals surface area contributed by atoms with Gasteiger partial charge >= 0.3 is 5.97 Å². The smallest absolute Gasteiger partial charge is 0.340 e. The lowest BCUT2D eigenvalue weighted by molar-refractivity contribution is 0.0523. The number of rotatable bonds is 3. The van der Waals surface area contributed by atoms with Gasteiger partial charge in [0.25, 0.3) is 5.56 Å². The zero-order chi connectivity index (χ0) is 15.6. The molecule has 0 aliphatic heterocycles. The molecule has 0 aliphatic carbocycles. The minimum Gasteiger partial charge on any atom is -0.462 e. The van der Waals surface area contributed by atoms with Gasteiger partial charge in [0.05, 0.1) is 12.2 Å². The second-order valence-corrected chi connectivity index (χ2v) is 5.02. The van der Waals surface area contributed by atoms with E-state index in [0.29, 0.717) is 23.4 Å². The molecule has 0 bridgehead atoms. The number of hydrogen-bond donors (Lipinski definition) is 0. The number of esters is 1. The summed E-state index contributed by atoms with van der Waals surface area (Å²) in [6.07, 6.45) is 0. The number of aryl methyl sites for hydroxylation is 2. The third kappa shape index (κ3) is 2.89. The first-order valence-electron chi connectivity index (χ1n) is 6.93. The maximum Gasteiger partial charge on any atom is 0.340 e. The van der Waals surface area contributed by atoms with E-state index in [1.807, 2.05) is 31.2 Å². The molecule has 0 unspecified atom stereocenters. The number of aromatic nitrogens is 1. The summed E-state index contributed by atoms with van der Waals surface area (Å²) in [6.45, 7) is 7.57. The maximum absolute atomic E-state index is 12.3. The van der Waals surface area contributed by atoms with E-state index in [-0.39, 0.29) is 5.56 Å². The van der Waals surface area contributed by atoms with Gasteiger partial charge in [0, 0.05) is 17.4 Å². The summed E-state index contributed by atoms with van der Waals surface area (Å²) in [5, 5.41) is 0. The minimum absolute atomic E-state index is 0.151. The molecule has 1 aromatic heterocycles. The van der Waals surface area contributed by atoms with Crippen LogP contribution in [0, 0.1) is 20.8 Å². The largest absolute Gasteiger partial charge is 0.462 e. The lowest BCUT2D eigenvalue weighted by Crippen LogP contribution is -2.24. The van der Waals surface area contributed by atoms with Crippen LogP contribution in [0.5, 0.6) is 0 Å². The SMILES string of the molecule is CCOC(=O)c1c(C)cc(=O)n(-c2ccc(C)cc2)c1C. The van der Waals surface area contributed by atoms with Gasteiger partial charge in [-0.3, -0.25) is 9.36 Å². The fourth-order valence-electron chi connectivity index (χ4n) is 2.41. The van der Waals surface area contributed by atoms with Crippen LogP contribution >= 0.6 is 0 Å². The number of carbonyl (C=O) groups excluding carboxylic acids is 1. The van der Waals surface area contributed by atoms with Gasteiger partial charge in [-0.05, 0) is 45.4 Å². The van der Waals surface area contributed by atoms with Crippen molar-refractivity contribution in [3.8, 4) is 5.69 Å². The molecule has 0 amide bonds. The van der Waals surface area contributed by atoms with Crippen molar-refractivity contribution in [2.75, 3.05) is 6.61 Å². The van der Waals surface area contributed by atoms with E-state index in [1.54, 1.807) is 25.3 Å². The molecule has 0 atom stereocenters. The van der Waals surface area contributed by atoms with Gasteiger partial charge in [0.15, 0.2) is 0 Å². The Labute approximate surface area is 124 Å². The molecule has 1 heterocycles. The molecule has 110 valence electrons. The zero-order valence-corrected chi connectivity index (χ0v) is 12.8. The fourth-order valence-corrected chi connectivity index (χ4v) is 2.41. The highest BCUT2D eigenvalue weighted by Crippen LogP contribution is 2.17. The summed E-state index contributed by atoms with van der Waals surface area (Å²) in [4.78, 5) is 24.4. The highest BCUT2D eigenvalue weighted by Gasteiger charge is 2.18. The van der Waals surface area contributed by atoms with Crippen LogP contribution in [0.3, 0.4) is 0 Å². The van der Waals surface area contributed by atoms with E-state index >= 15 is 0 Å². The molecule has 0 fully saturated rings. The van der Waals surface area contributed by atoms with Gasteiger partial charge in [0.2, 0.25) is 0 Å². The fraction of sp³-hybridized carbons (Fsp3) is 0.294. The van der Waals surface area contributed by atoms with Crippen LogP contribution in [0.1, 0.15) is 34.1 Å². The van der Waals surface area contributed by atoms with Crippen LogP contribution in [-0.4, -0.2) is 17.1 Å². The number of ether oxygens (including phenoxy) is 1. The Morgan fingerprint density at radius 1 is 1.14 bits per heavy atom. The third-order valence-corrected chi connectivity index (χ3v) is 3.42. The second-order valence-electron chi connectivity index (χ2n) is 5.02. The molecular formula is C17H19NO3. The molecule has 0 saturated heterocycles. The van der Waals surface area contributed by atoms with Crippen LogP contribution in [0.25, 0.3) is 5.69 Å². The molecule has 0 aliphatic rings. The second kappa shape index (κ2) is 5.95. The standard InChI is InChI=1S/C17H19NO3/c1-5-21-17(20)16-12(3)10-15(19)18(13(16)4)14-8-6-11(2)7-9-14/h6-10H,5H2,1-4H3. The highest BCUT2D eigenvalue weighted by molar-refractivity contribution is 5.92. The van der Waals surface area contributed by atoms with Gasteiger partial charge < -0.3 is 4.74 Å². The van der Waals surface area contributed by atoms with E-state index < -0.39 is 5.97 Å². The molecule has 0 spiro atoms. The monoisotopic (exact) mass is 285 g/mol. The Kier molecular flexibility index (Phi) is 4.26. The van der Waals surface area contributed by atoms with Crippen molar-refractivity contribution in [1.29, 1.82) is 0 Å². The molecule has 4 nitrogen and oxygen atoms in total. The minimum atomic E-state index is -0.395. The number of hydrogen-bond acceptors (Lipinski definition) is 3. The van der Waals surface area contributed by atoms with Gasteiger partial charge in [0.1, 0.15) is 0 Å². The normalized spacial score (nSPS) is 10.5. The van der Waals surface area contributed by atoms with Crippen LogP contribution in [0.4, 0.5) is 0 Å². The van der Waals surface area contributed by atoms with E-state index in [1.165, 1.54) is 6.07 Å². The maximum atomic E-state index is 12.3. The van der Waals surface area contributed by atoms with Crippen LogP contribution in [0.2, 0.25) is 0 Å². The summed E-state index contributed by atoms with van der Waals surface area (Å²) in [7, 11) is 0. The Bertz CT molecular complexity index is 727. The third-order valence-electron chi connectivity index (χ3n) is 3.42. The van der Waals surface area contributed by atoms with E-state index in [0.717, 1.165) is 11.3 Å². The Morgan fingerprint density at radius 2 is 1.76 bits per heavy atom. The molecule has 1 aromatic carbocycles. The Balaban J connectivity index is 2.67. The molecule has 0 N–H and O–H groups in total. The quantitative estimate of drug-likeness (QED) is 0.815. The average Bonchev–Trinajstić information content (AvgIpc) is 2.40. The van der Waals surface area contributed by atoms with Crippen molar-refractivity contribution in [3.05, 3.63) is 63.1 Å². The van der Waals surface area contributed by atoms with Crippen molar-refractivity contribution in [1.82, 2.24) is 4.57 Å². The predicted molar refractivity (Wildman–Crippen MR) is 82.2 cm³/mol. The molecule has 2 aromatic rings. The molecule has 0 radical (unpaired) electrons. The number of nitrogens with zero attached hydrogens (tertiary/aromatic N) is 1. The average molecular weight is 285 g/mol. The van der Waals surface area contributed by atoms with Crippen molar-refractivity contribution in [2.45, 2.75) is 27.7 Å². The summed E-state index contributed by atoms with van der Waals surface area (Å²) in [5.74, 6) is -0.395. The molecule has 0 saturated carbocycles. The van der Waals surface area contributed by atoms with Gasteiger partial charge in [-0.25, -0.2) is 4.79 Å². The van der Waals surface area contributed by atoms with Crippen LogP contribution in [-0.2, 0) is 4.74 Å². The van der Waals surface area contributed by atoms with E-state index in [9.17, 15) is 9.59 Å². The van der Waals surface area contributed by atoms with Crippen molar-refractivity contribution < 1.29 is 9.53 Å². The predicted octanol–water partition coefficient (Wildman–Crippen LogP) is 2.94. The van der Waals surface area contributed by atoms with E-state index in [2.05, 4.69) is 0 Å². The molecule has 2 rings (SSSR count). The number of benzene rings is 1. The van der Waals surface area contributed by atoms with Gasteiger partial charge in [-0.15, -0.1) is 0 Å². The summed E-state index contributed by atoms with van der Waals surface area (Å²) < 4.78 is 6.63. The Hall–Kier alpha value is -2.36.